The summed E-state index contributed by atoms with van der Waals surface area (Å²) in [6, 6.07) is 26.9. The first-order valence-electron chi connectivity index (χ1n) is 11.8. The van der Waals surface area contributed by atoms with E-state index in [0.29, 0.717) is 31.2 Å². The maximum absolute atomic E-state index is 13.8. The molecule has 0 saturated carbocycles. The largest absolute Gasteiger partial charge is 0.369 e. The van der Waals surface area contributed by atoms with E-state index < -0.39 is 21.2 Å². The topological polar surface area (TPSA) is 55.8 Å². The Balaban J connectivity index is 1.64. The van der Waals surface area contributed by atoms with Crippen LogP contribution in [0.15, 0.2) is 89.8 Å². The van der Waals surface area contributed by atoms with Gasteiger partial charge < -0.3 is 9.47 Å². The van der Waals surface area contributed by atoms with E-state index in [-0.39, 0.29) is 6.10 Å². The molecule has 3 aromatic carbocycles. The van der Waals surface area contributed by atoms with Gasteiger partial charge in [-0.15, -0.1) is 0 Å². The molecule has 0 unspecified atom stereocenters. The SMILES string of the molecule is CCN1C[C@@H](OCc2ccccc2)[C@@H](OCc2ccccc2)[C@@H](S(=O)(=O)c2ccc(C)cc2)C1. The molecule has 3 aromatic rings. The first kappa shape index (κ1) is 24.6. The predicted octanol–water partition coefficient (Wildman–Crippen LogP) is 4.64. The predicted molar refractivity (Wildman–Crippen MR) is 134 cm³/mol. The quantitative estimate of drug-likeness (QED) is 0.447. The first-order valence-corrected chi connectivity index (χ1v) is 13.4. The third-order valence-electron chi connectivity index (χ3n) is 6.40. The van der Waals surface area contributed by atoms with Gasteiger partial charge in [0.05, 0.1) is 24.2 Å². The van der Waals surface area contributed by atoms with E-state index in [4.69, 9.17) is 9.47 Å². The standard InChI is InChI=1S/C28H33NO4S/c1-3-29-18-26(32-20-23-10-6-4-7-11-23)28(33-21-24-12-8-5-9-13-24)27(19-29)34(30,31)25-16-14-22(2)15-17-25/h4-17,26-28H,3,18-21H2,1-2H3/t26-,27+,28-/m1/s1. The summed E-state index contributed by atoms with van der Waals surface area (Å²) in [7, 11) is -3.64. The zero-order chi connectivity index (χ0) is 24.0. The Morgan fingerprint density at radius 3 is 1.91 bits per heavy atom. The van der Waals surface area contributed by atoms with Crippen molar-refractivity contribution in [3.05, 3.63) is 102 Å². The Labute approximate surface area is 203 Å². The van der Waals surface area contributed by atoms with Crippen LogP contribution in [0.1, 0.15) is 23.6 Å². The van der Waals surface area contributed by atoms with Crippen molar-refractivity contribution < 1.29 is 17.9 Å². The molecular weight excluding hydrogens is 446 g/mol. The molecule has 0 aromatic heterocycles. The van der Waals surface area contributed by atoms with E-state index in [9.17, 15) is 8.42 Å². The average Bonchev–Trinajstić information content (AvgIpc) is 2.87. The number of sulfone groups is 1. The van der Waals surface area contributed by atoms with E-state index in [1.165, 1.54) is 0 Å². The Kier molecular flexibility index (Phi) is 8.16. The highest BCUT2D eigenvalue weighted by molar-refractivity contribution is 7.92. The van der Waals surface area contributed by atoms with Crippen LogP contribution < -0.4 is 0 Å². The minimum absolute atomic E-state index is 0.330. The molecule has 5 nitrogen and oxygen atoms in total. The van der Waals surface area contributed by atoms with Gasteiger partial charge in [0.15, 0.2) is 9.84 Å². The van der Waals surface area contributed by atoms with Crippen molar-refractivity contribution >= 4 is 9.84 Å². The fourth-order valence-electron chi connectivity index (χ4n) is 4.37. The van der Waals surface area contributed by atoms with Gasteiger partial charge in [0, 0.05) is 13.1 Å². The summed E-state index contributed by atoms with van der Waals surface area (Å²) in [6.07, 6.45) is -0.958. The molecule has 1 heterocycles. The average molecular weight is 480 g/mol. The molecule has 1 aliphatic heterocycles. The highest BCUT2D eigenvalue weighted by Gasteiger charge is 2.45. The zero-order valence-electron chi connectivity index (χ0n) is 19.8. The number of piperidine rings is 1. The van der Waals surface area contributed by atoms with E-state index in [2.05, 4.69) is 11.8 Å². The van der Waals surface area contributed by atoms with Gasteiger partial charge in [-0.25, -0.2) is 8.42 Å². The van der Waals surface area contributed by atoms with Crippen LogP contribution in [0.5, 0.6) is 0 Å². The van der Waals surface area contributed by atoms with Gasteiger partial charge in [-0.1, -0.05) is 85.3 Å². The number of hydrogen-bond donors (Lipinski definition) is 0. The van der Waals surface area contributed by atoms with Gasteiger partial charge in [0.2, 0.25) is 0 Å². The van der Waals surface area contributed by atoms with Gasteiger partial charge in [-0.2, -0.15) is 0 Å². The van der Waals surface area contributed by atoms with Crippen LogP contribution in [0.4, 0.5) is 0 Å². The third kappa shape index (κ3) is 5.94. The molecule has 0 spiro atoms. The van der Waals surface area contributed by atoms with Crippen LogP contribution >= 0.6 is 0 Å². The second kappa shape index (κ2) is 11.3. The monoisotopic (exact) mass is 479 g/mol. The summed E-state index contributed by atoms with van der Waals surface area (Å²) < 4.78 is 40.4. The van der Waals surface area contributed by atoms with Crippen molar-refractivity contribution in [1.29, 1.82) is 0 Å². The summed E-state index contributed by atoms with van der Waals surface area (Å²) in [5, 5.41) is -0.728. The summed E-state index contributed by atoms with van der Waals surface area (Å²) in [5.74, 6) is 0. The summed E-state index contributed by atoms with van der Waals surface area (Å²) in [6.45, 7) is 6.54. The normalized spacial score (nSPS) is 21.4. The number of hydrogen-bond acceptors (Lipinski definition) is 5. The Bertz CT molecular complexity index is 1130. The van der Waals surface area contributed by atoms with Gasteiger partial charge >= 0.3 is 0 Å². The molecule has 0 N–H and O–H groups in total. The molecular formula is C28H33NO4S. The van der Waals surface area contributed by atoms with Crippen molar-refractivity contribution in [3.8, 4) is 0 Å². The molecule has 4 rings (SSSR count). The summed E-state index contributed by atoms with van der Waals surface area (Å²) in [4.78, 5) is 2.48. The van der Waals surface area contributed by atoms with Crippen LogP contribution in [0.25, 0.3) is 0 Å². The second-order valence-corrected chi connectivity index (χ2v) is 11.0. The number of rotatable bonds is 9. The molecule has 0 radical (unpaired) electrons. The fraction of sp³-hybridized carbons (Fsp3) is 0.357. The molecule has 6 heteroatoms. The molecule has 0 amide bonds. The summed E-state index contributed by atoms with van der Waals surface area (Å²) in [5.41, 5.74) is 3.09. The van der Waals surface area contributed by atoms with Crippen LogP contribution in [-0.4, -0.2) is 50.4 Å². The van der Waals surface area contributed by atoms with Crippen LogP contribution in [0.2, 0.25) is 0 Å². The number of nitrogens with zero attached hydrogens (tertiary/aromatic N) is 1. The van der Waals surface area contributed by atoms with Crippen molar-refractivity contribution in [3.63, 3.8) is 0 Å². The molecule has 0 bridgehead atoms. The molecule has 34 heavy (non-hydrogen) atoms. The molecule has 1 aliphatic rings. The van der Waals surface area contributed by atoms with Crippen molar-refractivity contribution in [1.82, 2.24) is 4.90 Å². The van der Waals surface area contributed by atoms with Crippen LogP contribution in [0, 0.1) is 6.92 Å². The lowest BCUT2D eigenvalue weighted by atomic mass is 10.0. The molecule has 1 saturated heterocycles. The van der Waals surface area contributed by atoms with E-state index in [0.717, 1.165) is 23.2 Å². The lowest BCUT2D eigenvalue weighted by Gasteiger charge is -2.42. The van der Waals surface area contributed by atoms with Gasteiger partial charge in [-0.05, 0) is 36.7 Å². The van der Waals surface area contributed by atoms with E-state index >= 15 is 0 Å². The maximum Gasteiger partial charge on any atom is 0.185 e. The number of aryl methyl sites for hydroxylation is 1. The van der Waals surface area contributed by atoms with Gasteiger partial charge in [0.1, 0.15) is 11.4 Å². The highest BCUT2D eigenvalue weighted by Crippen LogP contribution is 2.29. The lowest BCUT2D eigenvalue weighted by Crippen LogP contribution is -2.59. The van der Waals surface area contributed by atoms with Gasteiger partial charge in [-0.3, -0.25) is 4.90 Å². The van der Waals surface area contributed by atoms with Crippen molar-refractivity contribution in [2.45, 2.75) is 49.4 Å². The number of benzene rings is 3. The Morgan fingerprint density at radius 2 is 1.35 bits per heavy atom. The van der Waals surface area contributed by atoms with Crippen LogP contribution in [0.3, 0.4) is 0 Å². The lowest BCUT2D eigenvalue weighted by molar-refractivity contribution is -0.116. The zero-order valence-corrected chi connectivity index (χ0v) is 20.7. The number of ether oxygens (including phenoxy) is 2. The van der Waals surface area contributed by atoms with Crippen molar-refractivity contribution in [2.24, 2.45) is 0 Å². The molecule has 180 valence electrons. The third-order valence-corrected chi connectivity index (χ3v) is 8.54. The smallest absolute Gasteiger partial charge is 0.185 e. The molecule has 3 atom stereocenters. The minimum atomic E-state index is -3.64. The number of likely N-dealkylation sites (tertiary alicyclic amines) is 1. The van der Waals surface area contributed by atoms with Gasteiger partial charge in [0.25, 0.3) is 0 Å². The number of likely N-dealkylation sites (N-methyl/N-ethyl adjacent to an activating group) is 1. The first-order chi connectivity index (χ1) is 16.5. The Hall–Kier alpha value is -2.51. The second-order valence-electron chi connectivity index (χ2n) is 8.84. The maximum atomic E-state index is 13.8. The molecule has 1 fully saturated rings. The van der Waals surface area contributed by atoms with E-state index in [1.54, 1.807) is 12.1 Å². The van der Waals surface area contributed by atoms with Crippen LogP contribution in [-0.2, 0) is 32.5 Å². The Morgan fingerprint density at radius 1 is 0.794 bits per heavy atom. The fourth-order valence-corrected chi connectivity index (χ4v) is 6.25. The van der Waals surface area contributed by atoms with Crippen molar-refractivity contribution in [2.75, 3.05) is 19.6 Å². The van der Waals surface area contributed by atoms with E-state index in [1.807, 2.05) is 79.7 Å². The summed E-state index contributed by atoms with van der Waals surface area (Å²) >= 11 is 0. The highest BCUT2D eigenvalue weighted by atomic mass is 32.2. The molecule has 0 aliphatic carbocycles. The minimum Gasteiger partial charge on any atom is -0.369 e.